The van der Waals surface area contributed by atoms with E-state index in [0.717, 1.165) is 17.4 Å². The molecule has 0 aromatic carbocycles. The monoisotopic (exact) mass is 239 g/mol. The fraction of sp³-hybridized carbons (Fsp3) is 0.250. The Labute approximate surface area is 96.1 Å². The van der Waals surface area contributed by atoms with E-state index in [1.165, 1.54) is 11.5 Å². The highest BCUT2D eigenvalue weighted by Gasteiger charge is 2.11. The lowest BCUT2D eigenvalue weighted by Crippen LogP contribution is -2.15. The Hall–Kier alpha value is -1.34. The summed E-state index contributed by atoms with van der Waals surface area (Å²) in [4.78, 5) is 8.65. The lowest BCUT2D eigenvalue weighted by atomic mass is 10.5. The Kier molecular flexibility index (Phi) is 2.74. The molecule has 78 valence electrons. The molecular formula is C8H9N5S2. The van der Waals surface area contributed by atoms with Gasteiger partial charge in [-0.3, -0.25) is 4.57 Å². The zero-order chi connectivity index (χ0) is 10.8. The molecule has 2 aromatic rings. The van der Waals surface area contributed by atoms with E-state index in [9.17, 15) is 0 Å². The van der Waals surface area contributed by atoms with Crippen molar-refractivity contribution in [3.05, 3.63) is 24.0 Å². The first-order valence-electron chi connectivity index (χ1n) is 4.38. The molecule has 0 saturated heterocycles. The molecule has 5 nitrogen and oxygen atoms in total. The van der Waals surface area contributed by atoms with E-state index in [2.05, 4.69) is 14.3 Å². The molecule has 2 N–H and O–H groups in total. The highest BCUT2D eigenvalue weighted by atomic mass is 32.1. The van der Waals surface area contributed by atoms with Crippen molar-refractivity contribution in [1.29, 1.82) is 0 Å². The highest BCUT2D eigenvalue weighted by molar-refractivity contribution is 7.80. The summed E-state index contributed by atoms with van der Waals surface area (Å²) in [5, 5.41) is 0.743. The molecule has 0 atom stereocenters. The largest absolute Gasteiger partial charge is 0.387 e. The second kappa shape index (κ2) is 4.03. The topological polar surface area (TPSA) is 69.6 Å². The van der Waals surface area contributed by atoms with Crippen LogP contribution in [0, 0.1) is 0 Å². The maximum Gasteiger partial charge on any atom is 0.215 e. The standard InChI is InChI=1S/C8H9N5S2/c1-2-5-11-8(15-12-5)13-4-3-10-7(13)6(9)14/h3-4H,2H2,1H3,(H2,9,14). The average molecular weight is 239 g/mol. The van der Waals surface area contributed by atoms with Gasteiger partial charge >= 0.3 is 0 Å². The van der Waals surface area contributed by atoms with Gasteiger partial charge in [-0.25, -0.2) is 9.97 Å². The van der Waals surface area contributed by atoms with Crippen molar-refractivity contribution >= 4 is 28.7 Å². The van der Waals surface area contributed by atoms with Gasteiger partial charge in [0.25, 0.3) is 0 Å². The Bertz CT molecular complexity index is 487. The van der Waals surface area contributed by atoms with Gasteiger partial charge in [0.2, 0.25) is 5.13 Å². The summed E-state index contributed by atoms with van der Waals surface area (Å²) in [6.07, 6.45) is 4.23. The van der Waals surface area contributed by atoms with Crippen LogP contribution >= 0.6 is 23.8 Å². The molecule has 0 saturated carbocycles. The fourth-order valence-corrected chi connectivity index (χ4v) is 2.02. The molecule has 2 rings (SSSR count). The van der Waals surface area contributed by atoms with Crippen LogP contribution in [0.25, 0.3) is 5.13 Å². The predicted octanol–water partition coefficient (Wildman–Crippen LogP) is 0.920. The van der Waals surface area contributed by atoms with Crippen LogP contribution in [-0.2, 0) is 6.42 Å². The van der Waals surface area contributed by atoms with E-state index in [1.807, 2.05) is 6.92 Å². The first-order chi connectivity index (χ1) is 7.22. The molecule has 7 heteroatoms. The van der Waals surface area contributed by atoms with Gasteiger partial charge in [0, 0.05) is 30.3 Å². The maximum absolute atomic E-state index is 5.54. The minimum atomic E-state index is 0.258. The van der Waals surface area contributed by atoms with E-state index >= 15 is 0 Å². The summed E-state index contributed by atoms with van der Waals surface area (Å²) in [5.74, 6) is 1.36. The van der Waals surface area contributed by atoms with Gasteiger partial charge in [0.15, 0.2) is 5.82 Å². The molecule has 2 heterocycles. The minimum Gasteiger partial charge on any atom is -0.387 e. The maximum atomic E-state index is 5.54. The number of imidazole rings is 1. The van der Waals surface area contributed by atoms with Gasteiger partial charge in [-0.2, -0.15) is 4.37 Å². The number of rotatable bonds is 3. The zero-order valence-electron chi connectivity index (χ0n) is 8.04. The number of thiocarbonyl (C=S) groups is 1. The van der Waals surface area contributed by atoms with E-state index in [4.69, 9.17) is 18.0 Å². The second-order valence-corrected chi connectivity index (χ2v) is 4.00. The van der Waals surface area contributed by atoms with Gasteiger partial charge in [0.05, 0.1) is 0 Å². The van der Waals surface area contributed by atoms with Crippen molar-refractivity contribution in [2.45, 2.75) is 13.3 Å². The number of hydrogen-bond donors (Lipinski definition) is 1. The smallest absolute Gasteiger partial charge is 0.215 e. The highest BCUT2D eigenvalue weighted by Crippen LogP contribution is 2.13. The number of nitrogens with two attached hydrogens (primary N) is 1. The number of aryl methyl sites for hydroxylation is 1. The number of nitrogens with zero attached hydrogens (tertiary/aromatic N) is 4. The van der Waals surface area contributed by atoms with Gasteiger partial charge in [-0.1, -0.05) is 19.1 Å². The van der Waals surface area contributed by atoms with Crippen LogP contribution in [-0.4, -0.2) is 23.9 Å². The first kappa shape index (κ1) is 10.2. The molecule has 0 fully saturated rings. The third-order valence-corrected chi connectivity index (χ3v) is 2.78. The van der Waals surface area contributed by atoms with Crippen LogP contribution in [0.15, 0.2) is 12.4 Å². The van der Waals surface area contributed by atoms with Crippen LogP contribution in [0.3, 0.4) is 0 Å². The van der Waals surface area contributed by atoms with Crippen molar-refractivity contribution in [3.8, 4) is 5.13 Å². The summed E-state index contributed by atoms with van der Waals surface area (Å²) >= 11 is 6.20. The molecule has 15 heavy (non-hydrogen) atoms. The van der Waals surface area contributed by atoms with Gasteiger partial charge in [0.1, 0.15) is 10.8 Å². The average Bonchev–Trinajstić information content (AvgIpc) is 2.85. The molecule has 0 aliphatic heterocycles. The molecule has 0 unspecified atom stereocenters. The third kappa shape index (κ3) is 1.88. The Morgan fingerprint density at radius 3 is 3.07 bits per heavy atom. The lowest BCUT2D eigenvalue weighted by molar-refractivity contribution is 0.948. The fourth-order valence-electron chi connectivity index (χ4n) is 1.13. The molecule has 0 bridgehead atoms. The van der Waals surface area contributed by atoms with Crippen molar-refractivity contribution in [2.24, 2.45) is 5.73 Å². The van der Waals surface area contributed by atoms with Crippen molar-refractivity contribution in [3.63, 3.8) is 0 Å². The Morgan fingerprint density at radius 1 is 1.67 bits per heavy atom. The van der Waals surface area contributed by atoms with Gasteiger partial charge < -0.3 is 5.73 Å². The van der Waals surface area contributed by atoms with Crippen molar-refractivity contribution < 1.29 is 0 Å². The predicted molar refractivity (Wildman–Crippen MR) is 62.3 cm³/mol. The molecule has 0 spiro atoms. The summed E-state index contributed by atoms with van der Waals surface area (Å²) in [6, 6.07) is 0. The van der Waals surface area contributed by atoms with E-state index in [1.54, 1.807) is 17.0 Å². The van der Waals surface area contributed by atoms with E-state index in [0.29, 0.717) is 5.82 Å². The van der Waals surface area contributed by atoms with Crippen molar-refractivity contribution in [1.82, 2.24) is 18.9 Å². The third-order valence-electron chi connectivity index (χ3n) is 1.84. The van der Waals surface area contributed by atoms with Crippen molar-refractivity contribution in [2.75, 3.05) is 0 Å². The molecule has 0 amide bonds. The van der Waals surface area contributed by atoms with Crippen LogP contribution in [0.1, 0.15) is 18.6 Å². The molecule has 0 aliphatic rings. The summed E-state index contributed by atoms with van der Waals surface area (Å²) < 4.78 is 5.94. The molecule has 0 radical (unpaired) electrons. The normalized spacial score (nSPS) is 10.5. The molecule has 0 aliphatic carbocycles. The zero-order valence-corrected chi connectivity index (χ0v) is 9.68. The SMILES string of the molecule is CCc1nsc(-n2ccnc2C(N)=S)n1. The van der Waals surface area contributed by atoms with E-state index < -0.39 is 0 Å². The summed E-state index contributed by atoms with van der Waals surface area (Å²) in [5.41, 5.74) is 5.54. The molecular weight excluding hydrogens is 230 g/mol. The van der Waals surface area contributed by atoms with Gasteiger partial charge in [-0.15, -0.1) is 0 Å². The van der Waals surface area contributed by atoms with Crippen LogP contribution in [0.5, 0.6) is 0 Å². The second-order valence-electron chi connectivity index (χ2n) is 2.83. The van der Waals surface area contributed by atoms with E-state index in [-0.39, 0.29) is 4.99 Å². The lowest BCUT2D eigenvalue weighted by Gasteiger charge is -2.00. The minimum absolute atomic E-state index is 0.258. The Morgan fingerprint density at radius 2 is 2.47 bits per heavy atom. The molecule has 2 aromatic heterocycles. The van der Waals surface area contributed by atoms with Crippen LogP contribution in [0.4, 0.5) is 0 Å². The first-order valence-corrected chi connectivity index (χ1v) is 5.56. The number of hydrogen-bond acceptors (Lipinski definition) is 5. The van der Waals surface area contributed by atoms with Crippen LogP contribution < -0.4 is 5.73 Å². The summed E-state index contributed by atoms with van der Waals surface area (Å²) in [7, 11) is 0. The Balaban J connectivity index is 2.44. The quantitative estimate of drug-likeness (QED) is 0.807. The van der Waals surface area contributed by atoms with Gasteiger partial charge in [-0.05, 0) is 0 Å². The summed E-state index contributed by atoms with van der Waals surface area (Å²) in [6.45, 7) is 2.01. The number of aromatic nitrogens is 4. The van der Waals surface area contributed by atoms with Crippen LogP contribution in [0.2, 0.25) is 0 Å².